The van der Waals surface area contributed by atoms with E-state index in [2.05, 4.69) is 14.1 Å². The van der Waals surface area contributed by atoms with Crippen molar-refractivity contribution in [2.75, 3.05) is 42.5 Å². The van der Waals surface area contributed by atoms with E-state index in [-0.39, 0.29) is 35.6 Å². The topological polar surface area (TPSA) is 142 Å². The standard InChI is InChI=1S/C44H60N2O12/c1-25(47)55-41-37(51-5)15-27(16-38(41)52-6)23-45(3)29-9-10-30(45)20-33(19-29)57-43(49)35-13-14-36(35)44(50)58-34-21-31-11-12-32(22-34)46(31,4)24-28-17-39(53-7)42(56-26(2)48)40(18-28)54-8/h15-18,29-36H,9-14,19-24H2,1-8H3/q+2/t29?,30?,31?,32?,33-,34?,35?,36?,45-,46?. The van der Waals surface area contributed by atoms with Crippen molar-refractivity contribution in [3.63, 3.8) is 0 Å². The number of fused-ring (bicyclic) bond motifs is 4. The molecular weight excluding hydrogens is 748 g/mol. The van der Waals surface area contributed by atoms with Gasteiger partial charge in [0, 0.05) is 76.3 Å². The normalized spacial score (nSPS) is 32.0. The maximum absolute atomic E-state index is 13.6. The molecule has 6 atom stereocenters. The van der Waals surface area contributed by atoms with Crippen LogP contribution in [0.1, 0.15) is 89.2 Å². The lowest BCUT2D eigenvalue weighted by Crippen LogP contribution is -2.59. The maximum Gasteiger partial charge on any atom is 0.310 e. The van der Waals surface area contributed by atoms with Gasteiger partial charge in [-0.15, -0.1) is 0 Å². The van der Waals surface area contributed by atoms with Crippen LogP contribution in [0, 0.1) is 11.8 Å². The quantitative estimate of drug-likeness (QED) is 0.132. The number of rotatable bonds is 14. The van der Waals surface area contributed by atoms with Crippen LogP contribution < -0.4 is 28.4 Å². The minimum absolute atomic E-state index is 0.189. The molecule has 2 aromatic rings. The van der Waals surface area contributed by atoms with E-state index in [1.165, 1.54) is 13.8 Å². The third-order valence-electron chi connectivity index (χ3n) is 14.2. The van der Waals surface area contributed by atoms with Gasteiger partial charge in [0.2, 0.25) is 11.5 Å². The highest BCUT2D eigenvalue weighted by Gasteiger charge is 2.55. The molecule has 5 aliphatic rings. The Morgan fingerprint density at radius 2 is 0.810 bits per heavy atom. The summed E-state index contributed by atoms with van der Waals surface area (Å²) in [5.74, 6) is -0.0833. The Balaban J connectivity index is 0.931. The first-order valence-corrected chi connectivity index (χ1v) is 20.7. The molecule has 316 valence electrons. The van der Waals surface area contributed by atoms with E-state index >= 15 is 0 Å². The lowest BCUT2D eigenvalue weighted by Gasteiger charge is -2.47. The van der Waals surface area contributed by atoms with Crippen molar-refractivity contribution in [2.24, 2.45) is 11.8 Å². The predicted molar refractivity (Wildman–Crippen MR) is 210 cm³/mol. The molecule has 7 rings (SSSR count). The van der Waals surface area contributed by atoms with Crippen LogP contribution >= 0.6 is 0 Å². The molecule has 0 radical (unpaired) electrons. The van der Waals surface area contributed by atoms with Gasteiger partial charge in [-0.1, -0.05) is 0 Å². The van der Waals surface area contributed by atoms with Gasteiger partial charge in [-0.25, -0.2) is 0 Å². The first-order valence-electron chi connectivity index (χ1n) is 20.7. The van der Waals surface area contributed by atoms with Crippen molar-refractivity contribution in [2.45, 2.75) is 128 Å². The van der Waals surface area contributed by atoms with Crippen molar-refractivity contribution in [3.8, 4) is 34.5 Å². The fourth-order valence-corrected chi connectivity index (χ4v) is 11.0. The second kappa shape index (κ2) is 16.6. The number of hydrogen-bond acceptors (Lipinski definition) is 12. The van der Waals surface area contributed by atoms with Crippen LogP contribution in [0.15, 0.2) is 24.3 Å². The number of carbonyl (C=O) groups excluding carboxylic acids is 4. The summed E-state index contributed by atoms with van der Waals surface area (Å²) < 4.78 is 47.2. The summed E-state index contributed by atoms with van der Waals surface area (Å²) in [5, 5.41) is 0. The molecule has 0 aromatic heterocycles. The first-order chi connectivity index (χ1) is 27.7. The van der Waals surface area contributed by atoms with Crippen molar-refractivity contribution in [1.29, 1.82) is 0 Å². The number of piperidine rings is 2. The van der Waals surface area contributed by atoms with Gasteiger partial charge in [0.15, 0.2) is 23.0 Å². The molecule has 14 nitrogen and oxygen atoms in total. The van der Waals surface area contributed by atoms with Gasteiger partial charge in [0.25, 0.3) is 0 Å². The number of methoxy groups -OCH3 is 4. The molecule has 4 saturated heterocycles. The van der Waals surface area contributed by atoms with E-state index in [0.29, 0.717) is 60.0 Å². The van der Waals surface area contributed by atoms with Gasteiger partial charge < -0.3 is 46.9 Å². The van der Waals surface area contributed by atoms with E-state index in [1.807, 2.05) is 24.3 Å². The molecule has 4 heterocycles. The summed E-state index contributed by atoms with van der Waals surface area (Å²) in [5.41, 5.74) is 2.02. The summed E-state index contributed by atoms with van der Waals surface area (Å²) in [7, 11) is 10.7. The largest absolute Gasteiger partial charge is 0.493 e. The maximum atomic E-state index is 13.6. The molecule has 5 fully saturated rings. The highest BCUT2D eigenvalue weighted by Crippen LogP contribution is 2.48. The Morgan fingerprint density at radius 1 is 0.517 bits per heavy atom. The van der Waals surface area contributed by atoms with Crippen molar-refractivity contribution in [3.05, 3.63) is 35.4 Å². The summed E-state index contributed by atoms with van der Waals surface area (Å²) >= 11 is 0. The van der Waals surface area contributed by atoms with Gasteiger partial charge >= 0.3 is 23.9 Å². The summed E-state index contributed by atoms with van der Waals surface area (Å²) in [6, 6.07) is 8.85. The number of hydrogen-bond donors (Lipinski definition) is 0. The Kier molecular flexibility index (Phi) is 11.9. The van der Waals surface area contributed by atoms with E-state index in [9.17, 15) is 19.2 Å². The monoisotopic (exact) mass is 808 g/mol. The Morgan fingerprint density at radius 3 is 1.05 bits per heavy atom. The second-order valence-corrected chi connectivity index (χ2v) is 17.5. The Hall–Kier alpha value is -4.56. The van der Waals surface area contributed by atoms with Crippen LogP contribution in [0.3, 0.4) is 0 Å². The van der Waals surface area contributed by atoms with Crippen molar-refractivity contribution >= 4 is 23.9 Å². The number of carbonyl (C=O) groups is 4. The van der Waals surface area contributed by atoms with Crippen LogP contribution in [0.2, 0.25) is 0 Å². The van der Waals surface area contributed by atoms with Crippen molar-refractivity contribution < 1.29 is 66.0 Å². The highest BCUT2D eigenvalue weighted by atomic mass is 16.6. The Labute approximate surface area is 341 Å². The summed E-state index contributed by atoms with van der Waals surface area (Å²) in [6.07, 6.45) is 8.10. The molecule has 0 N–H and O–H groups in total. The molecule has 14 heteroatoms. The molecule has 0 amide bonds. The average Bonchev–Trinajstić information content (AvgIpc) is 3.38. The number of ether oxygens (including phenoxy) is 8. The number of esters is 4. The third-order valence-corrected chi connectivity index (χ3v) is 14.2. The van der Waals surface area contributed by atoms with E-state index in [1.54, 1.807) is 28.4 Å². The molecule has 4 aliphatic heterocycles. The zero-order valence-electron chi connectivity index (χ0n) is 35.2. The zero-order valence-corrected chi connectivity index (χ0v) is 35.2. The first kappa shape index (κ1) is 41.6. The van der Waals surface area contributed by atoms with Crippen LogP contribution in [0.4, 0.5) is 0 Å². The highest BCUT2D eigenvalue weighted by molar-refractivity contribution is 5.84. The summed E-state index contributed by atoms with van der Waals surface area (Å²) in [6.45, 7) is 4.15. The fourth-order valence-electron chi connectivity index (χ4n) is 11.0. The molecule has 1 saturated carbocycles. The van der Waals surface area contributed by atoms with Crippen molar-refractivity contribution in [1.82, 2.24) is 0 Å². The van der Waals surface area contributed by atoms with Gasteiger partial charge in [-0.05, 0) is 37.1 Å². The Bertz CT molecular complexity index is 1700. The van der Waals surface area contributed by atoms with Gasteiger partial charge in [-0.3, -0.25) is 19.2 Å². The van der Waals surface area contributed by atoms with Crippen LogP contribution in [-0.2, 0) is 41.7 Å². The third kappa shape index (κ3) is 7.93. The van der Waals surface area contributed by atoms with Crippen LogP contribution in [-0.4, -0.2) is 112 Å². The van der Waals surface area contributed by atoms with Gasteiger partial charge in [0.05, 0.1) is 78.5 Å². The van der Waals surface area contributed by atoms with E-state index in [0.717, 1.165) is 84.5 Å². The number of quaternary nitrogens is 2. The molecule has 2 aromatic carbocycles. The molecule has 0 spiro atoms. The summed E-state index contributed by atoms with van der Waals surface area (Å²) in [4.78, 5) is 50.7. The fraction of sp³-hybridized carbons (Fsp3) is 0.636. The molecule has 58 heavy (non-hydrogen) atoms. The lowest BCUT2D eigenvalue weighted by atomic mass is 9.73. The van der Waals surface area contributed by atoms with Crippen LogP contribution in [0.25, 0.3) is 0 Å². The lowest BCUT2D eigenvalue weighted by molar-refractivity contribution is -0.961. The SMILES string of the molecule is COc1cc(C[N+]2(C)C3CCC2CC(OC(=O)C2CCC2C(=O)O[C@H]2CC4CCC(C2)[N@@+]4(C)Cc2cc(OC)c(OC(C)=O)c(OC)c2)C3)cc(OC)c1OC(C)=O. The van der Waals surface area contributed by atoms with Gasteiger partial charge in [0.1, 0.15) is 25.3 Å². The number of benzene rings is 2. The van der Waals surface area contributed by atoms with E-state index in [4.69, 9.17) is 37.9 Å². The van der Waals surface area contributed by atoms with Crippen LogP contribution in [0.5, 0.6) is 34.5 Å². The smallest absolute Gasteiger partial charge is 0.310 e. The zero-order chi connectivity index (χ0) is 41.5. The second-order valence-electron chi connectivity index (χ2n) is 17.5. The molecule has 1 aliphatic carbocycles. The average molecular weight is 809 g/mol. The van der Waals surface area contributed by atoms with Gasteiger partial charge in [-0.2, -0.15) is 0 Å². The van der Waals surface area contributed by atoms with E-state index < -0.39 is 23.8 Å². The minimum Gasteiger partial charge on any atom is -0.493 e. The predicted octanol–water partition coefficient (Wildman–Crippen LogP) is 5.66. The number of nitrogens with zero attached hydrogens (tertiary/aromatic N) is 2. The molecule has 6 unspecified atom stereocenters. The molecule has 4 bridgehead atoms. The minimum atomic E-state index is -0.468. The molecular formula is C44H60N2O12+2.